The van der Waals surface area contributed by atoms with Crippen LogP contribution in [0.5, 0.6) is 0 Å². The van der Waals surface area contributed by atoms with E-state index >= 15 is 0 Å². The Kier molecular flexibility index (Phi) is 3.50. The van der Waals surface area contributed by atoms with Gasteiger partial charge in [0.1, 0.15) is 5.82 Å². The largest absolute Gasteiger partial charge is 0.384 e. The Hall–Kier alpha value is -1.64. The molecule has 0 amide bonds. The van der Waals surface area contributed by atoms with Gasteiger partial charge in [-0.05, 0) is 37.5 Å². The van der Waals surface area contributed by atoms with Crippen LogP contribution in [0.1, 0.15) is 37.9 Å². The van der Waals surface area contributed by atoms with E-state index < -0.39 is 0 Å². The molecule has 0 unspecified atom stereocenters. The number of anilines is 1. The van der Waals surface area contributed by atoms with Gasteiger partial charge in [-0.15, -0.1) is 0 Å². The van der Waals surface area contributed by atoms with Crippen LogP contribution < -0.4 is 5.32 Å². The van der Waals surface area contributed by atoms with Gasteiger partial charge in [-0.25, -0.2) is 4.39 Å². The van der Waals surface area contributed by atoms with Crippen LogP contribution in [0.15, 0.2) is 18.2 Å². The highest BCUT2D eigenvalue weighted by Crippen LogP contribution is 2.33. The molecule has 18 heavy (non-hydrogen) atoms. The molecule has 3 heteroatoms. The van der Waals surface area contributed by atoms with Crippen molar-refractivity contribution in [1.82, 2.24) is 4.98 Å². The van der Waals surface area contributed by atoms with Crippen molar-refractivity contribution in [3.8, 4) is 0 Å². The Balaban J connectivity index is 2.80. The molecular weight excluding hydrogens is 227 g/mol. The molecule has 0 fully saturated rings. The van der Waals surface area contributed by atoms with Crippen LogP contribution in [0.4, 0.5) is 10.1 Å². The maximum atomic E-state index is 13.3. The van der Waals surface area contributed by atoms with Crippen LogP contribution in [-0.2, 0) is 0 Å². The SMILES string of the molecule is CCNc1c(C(C)C)c(C)nc2cc(F)ccc12. The predicted octanol–water partition coefficient (Wildman–Crippen LogP) is 4.24. The smallest absolute Gasteiger partial charge is 0.125 e. The lowest BCUT2D eigenvalue weighted by Gasteiger charge is -2.18. The summed E-state index contributed by atoms with van der Waals surface area (Å²) >= 11 is 0. The van der Waals surface area contributed by atoms with Crippen LogP contribution >= 0.6 is 0 Å². The Morgan fingerprint density at radius 3 is 2.67 bits per heavy atom. The number of nitrogens with one attached hydrogen (secondary N) is 1. The van der Waals surface area contributed by atoms with Crippen LogP contribution in [0, 0.1) is 12.7 Å². The summed E-state index contributed by atoms with van der Waals surface area (Å²) in [4.78, 5) is 4.52. The van der Waals surface area contributed by atoms with E-state index in [4.69, 9.17) is 0 Å². The fourth-order valence-corrected chi connectivity index (χ4v) is 2.45. The van der Waals surface area contributed by atoms with E-state index in [9.17, 15) is 4.39 Å². The number of hydrogen-bond donors (Lipinski definition) is 1. The van der Waals surface area contributed by atoms with Crippen molar-refractivity contribution < 1.29 is 4.39 Å². The molecule has 0 atom stereocenters. The second kappa shape index (κ2) is 4.92. The van der Waals surface area contributed by atoms with E-state index in [1.807, 2.05) is 6.92 Å². The molecule has 0 bridgehead atoms. The Morgan fingerprint density at radius 2 is 2.06 bits per heavy atom. The van der Waals surface area contributed by atoms with E-state index in [2.05, 4.69) is 31.1 Å². The van der Waals surface area contributed by atoms with Crippen molar-refractivity contribution in [1.29, 1.82) is 0 Å². The van der Waals surface area contributed by atoms with Gasteiger partial charge in [-0.1, -0.05) is 13.8 Å². The highest BCUT2D eigenvalue weighted by molar-refractivity contribution is 5.93. The van der Waals surface area contributed by atoms with E-state index in [-0.39, 0.29) is 5.82 Å². The van der Waals surface area contributed by atoms with Gasteiger partial charge in [-0.2, -0.15) is 0 Å². The molecule has 1 N–H and O–H groups in total. The molecule has 2 nitrogen and oxygen atoms in total. The summed E-state index contributed by atoms with van der Waals surface area (Å²) in [6.45, 7) is 9.20. The summed E-state index contributed by atoms with van der Waals surface area (Å²) in [5, 5.41) is 4.39. The zero-order valence-electron chi connectivity index (χ0n) is 11.3. The first-order valence-corrected chi connectivity index (χ1v) is 6.38. The Morgan fingerprint density at radius 1 is 1.33 bits per heavy atom. The Labute approximate surface area is 107 Å². The third-order valence-electron chi connectivity index (χ3n) is 3.11. The van der Waals surface area contributed by atoms with Gasteiger partial charge in [0.15, 0.2) is 0 Å². The fraction of sp³-hybridized carbons (Fsp3) is 0.400. The molecule has 1 aromatic heterocycles. The van der Waals surface area contributed by atoms with Gasteiger partial charge in [0.05, 0.1) is 5.52 Å². The molecule has 2 aromatic rings. The lowest BCUT2D eigenvalue weighted by atomic mass is 9.96. The van der Waals surface area contributed by atoms with Crippen molar-refractivity contribution >= 4 is 16.6 Å². The first kappa shape index (κ1) is 12.8. The lowest BCUT2D eigenvalue weighted by molar-refractivity contribution is 0.629. The number of aromatic nitrogens is 1. The minimum Gasteiger partial charge on any atom is -0.384 e. The topological polar surface area (TPSA) is 24.9 Å². The minimum absolute atomic E-state index is 0.242. The third-order valence-corrected chi connectivity index (χ3v) is 3.11. The van der Waals surface area contributed by atoms with Gasteiger partial charge >= 0.3 is 0 Å². The quantitative estimate of drug-likeness (QED) is 0.876. The summed E-state index contributed by atoms with van der Waals surface area (Å²) in [6.07, 6.45) is 0. The molecule has 1 aromatic carbocycles. The molecular formula is C15H19FN2. The fourth-order valence-electron chi connectivity index (χ4n) is 2.45. The number of benzene rings is 1. The number of nitrogens with zero attached hydrogens (tertiary/aromatic N) is 1. The molecule has 0 saturated carbocycles. The van der Waals surface area contributed by atoms with E-state index in [1.165, 1.54) is 17.7 Å². The number of halogens is 1. The summed E-state index contributed by atoms with van der Waals surface area (Å²) in [5.74, 6) is 0.148. The summed E-state index contributed by atoms with van der Waals surface area (Å²) in [5.41, 5.74) is 4.00. The summed E-state index contributed by atoms with van der Waals surface area (Å²) in [6, 6.07) is 4.79. The van der Waals surface area contributed by atoms with Crippen molar-refractivity contribution in [2.24, 2.45) is 0 Å². The van der Waals surface area contributed by atoms with Gasteiger partial charge in [0.2, 0.25) is 0 Å². The molecule has 0 aliphatic carbocycles. The number of aryl methyl sites for hydroxylation is 1. The molecule has 0 aliphatic heterocycles. The monoisotopic (exact) mass is 246 g/mol. The zero-order valence-corrected chi connectivity index (χ0v) is 11.3. The van der Waals surface area contributed by atoms with Crippen molar-refractivity contribution in [3.63, 3.8) is 0 Å². The molecule has 96 valence electrons. The van der Waals surface area contributed by atoms with Gasteiger partial charge in [0, 0.05) is 29.4 Å². The molecule has 2 rings (SSSR count). The minimum atomic E-state index is -0.242. The maximum absolute atomic E-state index is 13.3. The first-order valence-electron chi connectivity index (χ1n) is 6.38. The second-order valence-corrected chi connectivity index (χ2v) is 4.83. The normalized spacial score (nSPS) is 11.2. The third kappa shape index (κ3) is 2.17. The standard InChI is InChI=1S/C15H19FN2/c1-5-17-15-12-7-6-11(16)8-13(12)18-10(4)14(15)9(2)3/h6-9H,5H2,1-4H3,(H,17,18). The summed E-state index contributed by atoms with van der Waals surface area (Å²) < 4.78 is 13.3. The summed E-state index contributed by atoms with van der Waals surface area (Å²) in [7, 11) is 0. The van der Waals surface area contributed by atoms with E-state index in [0.29, 0.717) is 11.4 Å². The Bertz CT molecular complexity index is 576. The average molecular weight is 246 g/mol. The van der Waals surface area contributed by atoms with Crippen molar-refractivity contribution in [2.45, 2.75) is 33.6 Å². The molecule has 0 aliphatic rings. The van der Waals surface area contributed by atoms with Crippen molar-refractivity contribution in [2.75, 3.05) is 11.9 Å². The second-order valence-electron chi connectivity index (χ2n) is 4.83. The number of hydrogen-bond acceptors (Lipinski definition) is 2. The number of fused-ring (bicyclic) bond motifs is 1. The van der Waals surface area contributed by atoms with Gasteiger partial charge in [-0.3, -0.25) is 4.98 Å². The zero-order chi connectivity index (χ0) is 13.3. The maximum Gasteiger partial charge on any atom is 0.125 e. The van der Waals surface area contributed by atoms with Crippen LogP contribution in [0.2, 0.25) is 0 Å². The molecule has 0 radical (unpaired) electrons. The van der Waals surface area contributed by atoms with E-state index in [1.54, 1.807) is 6.07 Å². The number of pyridine rings is 1. The highest BCUT2D eigenvalue weighted by atomic mass is 19.1. The average Bonchev–Trinajstić information content (AvgIpc) is 2.27. The lowest BCUT2D eigenvalue weighted by Crippen LogP contribution is -2.07. The molecule has 0 spiro atoms. The predicted molar refractivity (Wildman–Crippen MR) is 74.7 cm³/mol. The van der Waals surface area contributed by atoms with Crippen LogP contribution in [0.25, 0.3) is 10.9 Å². The molecule has 0 saturated heterocycles. The van der Waals surface area contributed by atoms with Crippen LogP contribution in [-0.4, -0.2) is 11.5 Å². The number of rotatable bonds is 3. The van der Waals surface area contributed by atoms with Gasteiger partial charge in [0.25, 0.3) is 0 Å². The van der Waals surface area contributed by atoms with Gasteiger partial charge < -0.3 is 5.32 Å². The van der Waals surface area contributed by atoms with E-state index in [0.717, 1.165) is 23.3 Å². The molecule has 1 heterocycles. The highest BCUT2D eigenvalue weighted by Gasteiger charge is 2.15. The van der Waals surface area contributed by atoms with Crippen molar-refractivity contribution in [3.05, 3.63) is 35.3 Å². The first-order chi connectivity index (χ1) is 8.54. The van der Waals surface area contributed by atoms with Crippen LogP contribution in [0.3, 0.4) is 0 Å².